The molecule has 2 aliphatic heterocycles. The van der Waals surface area contributed by atoms with Gasteiger partial charge >= 0.3 is 6.18 Å². The molecule has 1 amide bonds. The first-order valence-electron chi connectivity index (χ1n) is 6.86. The highest BCUT2D eigenvalue weighted by Crippen LogP contribution is 2.33. The quantitative estimate of drug-likeness (QED) is 0.915. The van der Waals surface area contributed by atoms with E-state index in [9.17, 15) is 18.0 Å². The maximum atomic E-state index is 12.3. The van der Waals surface area contributed by atoms with Crippen LogP contribution in [-0.4, -0.2) is 43.4 Å². The van der Waals surface area contributed by atoms with Crippen LogP contribution >= 0.6 is 0 Å². The summed E-state index contributed by atoms with van der Waals surface area (Å²) in [5.74, 6) is -0.316. The number of hydrogen-bond acceptors (Lipinski definition) is 4. The highest BCUT2D eigenvalue weighted by Gasteiger charge is 2.47. The number of nitrogens with one attached hydrogen (secondary N) is 1. The summed E-state index contributed by atoms with van der Waals surface area (Å²) < 4.78 is 47.4. The number of amides is 1. The molecule has 1 aromatic rings. The van der Waals surface area contributed by atoms with E-state index in [-0.39, 0.29) is 32.3 Å². The first-order valence-corrected chi connectivity index (χ1v) is 6.86. The average Bonchev–Trinajstić information content (AvgIpc) is 2.86. The molecule has 0 spiro atoms. The summed E-state index contributed by atoms with van der Waals surface area (Å²) >= 11 is 0. The van der Waals surface area contributed by atoms with E-state index in [0.717, 1.165) is 5.56 Å². The topological polar surface area (TPSA) is 50.8 Å². The molecule has 8 heteroatoms. The Labute approximate surface area is 125 Å². The molecule has 0 unspecified atom stereocenters. The Morgan fingerprint density at radius 1 is 1.27 bits per heavy atom. The summed E-state index contributed by atoms with van der Waals surface area (Å²) in [5.41, 5.74) is 0.842. The summed E-state index contributed by atoms with van der Waals surface area (Å²) in [6.07, 6.45) is -4.17. The van der Waals surface area contributed by atoms with Crippen molar-refractivity contribution >= 4 is 5.91 Å². The SMILES string of the molecule is O=C(CN1CC(C(F)(F)F)C1)NCc1ccc2c(c1)OCO2. The molecule has 1 N–H and O–H groups in total. The van der Waals surface area contributed by atoms with Gasteiger partial charge in [-0.2, -0.15) is 13.2 Å². The van der Waals surface area contributed by atoms with E-state index in [1.807, 2.05) is 0 Å². The van der Waals surface area contributed by atoms with Crippen LogP contribution in [0.15, 0.2) is 18.2 Å². The minimum Gasteiger partial charge on any atom is -0.454 e. The minimum atomic E-state index is -4.17. The van der Waals surface area contributed by atoms with E-state index < -0.39 is 12.1 Å². The summed E-state index contributed by atoms with van der Waals surface area (Å²) in [6.45, 7) is 0.242. The van der Waals surface area contributed by atoms with Gasteiger partial charge in [0.25, 0.3) is 0 Å². The van der Waals surface area contributed by atoms with Gasteiger partial charge in [-0.3, -0.25) is 9.69 Å². The predicted molar refractivity (Wildman–Crippen MR) is 70.4 cm³/mol. The normalized spacial score (nSPS) is 18.1. The maximum Gasteiger partial charge on any atom is 0.394 e. The number of carbonyl (C=O) groups excluding carboxylic acids is 1. The van der Waals surface area contributed by atoms with Gasteiger partial charge in [0.05, 0.1) is 12.5 Å². The molecule has 0 saturated carbocycles. The summed E-state index contributed by atoms with van der Waals surface area (Å²) in [5, 5.41) is 2.68. The van der Waals surface area contributed by atoms with E-state index in [1.165, 1.54) is 4.90 Å². The van der Waals surface area contributed by atoms with Crippen LogP contribution < -0.4 is 14.8 Å². The molecule has 0 aliphatic carbocycles. The molecule has 0 aromatic heterocycles. The number of halogens is 3. The largest absolute Gasteiger partial charge is 0.454 e. The van der Waals surface area contributed by atoms with Crippen molar-refractivity contribution in [3.63, 3.8) is 0 Å². The van der Waals surface area contributed by atoms with Gasteiger partial charge in [-0.1, -0.05) is 6.07 Å². The zero-order valence-corrected chi connectivity index (χ0v) is 11.7. The lowest BCUT2D eigenvalue weighted by Crippen LogP contribution is -2.55. The van der Waals surface area contributed by atoms with Crippen molar-refractivity contribution in [2.75, 3.05) is 26.4 Å². The molecule has 0 radical (unpaired) electrons. The van der Waals surface area contributed by atoms with E-state index in [2.05, 4.69) is 5.32 Å². The van der Waals surface area contributed by atoms with E-state index >= 15 is 0 Å². The van der Waals surface area contributed by atoms with Gasteiger partial charge in [-0.25, -0.2) is 0 Å². The number of nitrogens with zero attached hydrogens (tertiary/aromatic N) is 1. The number of hydrogen-bond donors (Lipinski definition) is 1. The molecule has 2 aliphatic rings. The zero-order valence-electron chi connectivity index (χ0n) is 11.7. The molecule has 3 rings (SSSR count). The Morgan fingerprint density at radius 3 is 2.73 bits per heavy atom. The van der Waals surface area contributed by atoms with Crippen molar-refractivity contribution in [3.05, 3.63) is 23.8 Å². The second kappa shape index (κ2) is 5.68. The Hall–Kier alpha value is -1.96. The first-order chi connectivity index (χ1) is 10.4. The fraction of sp³-hybridized carbons (Fsp3) is 0.500. The highest BCUT2D eigenvalue weighted by atomic mass is 19.4. The van der Waals surface area contributed by atoms with Crippen molar-refractivity contribution in [2.45, 2.75) is 12.7 Å². The first kappa shape index (κ1) is 15.0. The van der Waals surface area contributed by atoms with E-state index in [4.69, 9.17) is 9.47 Å². The van der Waals surface area contributed by atoms with Gasteiger partial charge in [-0.15, -0.1) is 0 Å². The lowest BCUT2D eigenvalue weighted by atomic mass is 10.00. The maximum absolute atomic E-state index is 12.3. The Morgan fingerprint density at radius 2 is 2.00 bits per heavy atom. The van der Waals surface area contributed by atoms with Crippen molar-refractivity contribution < 1.29 is 27.4 Å². The van der Waals surface area contributed by atoms with Crippen molar-refractivity contribution in [3.8, 4) is 11.5 Å². The monoisotopic (exact) mass is 316 g/mol. The third kappa shape index (κ3) is 3.27. The van der Waals surface area contributed by atoms with Gasteiger partial charge in [0.1, 0.15) is 0 Å². The molecule has 2 heterocycles. The second-order valence-electron chi connectivity index (χ2n) is 5.40. The molecule has 5 nitrogen and oxygen atoms in total. The number of fused-ring (bicyclic) bond motifs is 1. The second-order valence-corrected chi connectivity index (χ2v) is 5.40. The van der Waals surface area contributed by atoms with Crippen LogP contribution in [0.5, 0.6) is 11.5 Å². The standard InChI is InChI=1S/C14H15F3N2O3/c15-14(16,17)10-5-19(6-10)7-13(20)18-4-9-1-2-11-12(3-9)22-8-21-11/h1-3,10H,4-8H2,(H,18,20). The number of ether oxygens (including phenoxy) is 2. The van der Waals surface area contributed by atoms with Gasteiger partial charge < -0.3 is 14.8 Å². The third-order valence-corrected chi connectivity index (χ3v) is 3.71. The predicted octanol–water partition coefficient (Wildman–Crippen LogP) is 1.53. The Balaban J connectivity index is 1.42. The lowest BCUT2D eigenvalue weighted by molar-refractivity contribution is -0.209. The molecular formula is C14H15F3N2O3. The number of carbonyl (C=O) groups is 1. The molecule has 0 bridgehead atoms. The van der Waals surface area contributed by atoms with Gasteiger partial charge in [0.15, 0.2) is 11.5 Å². The lowest BCUT2D eigenvalue weighted by Gasteiger charge is -2.39. The fourth-order valence-electron chi connectivity index (χ4n) is 2.42. The molecule has 1 saturated heterocycles. The Kier molecular flexibility index (Phi) is 3.86. The average molecular weight is 316 g/mol. The van der Waals surface area contributed by atoms with Gasteiger partial charge in [0.2, 0.25) is 12.7 Å². The number of rotatable bonds is 4. The minimum absolute atomic E-state index is 0.0167. The van der Waals surface area contributed by atoms with Crippen molar-refractivity contribution in [2.24, 2.45) is 5.92 Å². The molecule has 120 valence electrons. The fourth-order valence-corrected chi connectivity index (χ4v) is 2.42. The molecule has 0 atom stereocenters. The third-order valence-electron chi connectivity index (χ3n) is 3.71. The van der Waals surface area contributed by atoms with E-state index in [1.54, 1.807) is 18.2 Å². The van der Waals surface area contributed by atoms with Crippen LogP contribution in [0.1, 0.15) is 5.56 Å². The van der Waals surface area contributed by atoms with Gasteiger partial charge in [0, 0.05) is 19.6 Å². The summed E-state index contributed by atoms with van der Waals surface area (Å²) in [4.78, 5) is 13.2. The van der Waals surface area contributed by atoms with Crippen LogP contribution in [0.4, 0.5) is 13.2 Å². The molecule has 22 heavy (non-hydrogen) atoms. The van der Waals surface area contributed by atoms with Crippen molar-refractivity contribution in [1.29, 1.82) is 0 Å². The van der Waals surface area contributed by atoms with Crippen LogP contribution in [-0.2, 0) is 11.3 Å². The van der Waals surface area contributed by atoms with Crippen LogP contribution in [0.25, 0.3) is 0 Å². The molecular weight excluding hydrogens is 301 g/mol. The van der Waals surface area contributed by atoms with E-state index in [0.29, 0.717) is 18.0 Å². The van der Waals surface area contributed by atoms with Crippen molar-refractivity contribution in [1.82, 2.24) is 10.2 Å². The smallest absolute Gasteiger partial charge is 0.394 e. The van der Waals surface area contributed by atoms with Gasteiger partial charge in [-0.05, 0) is 17.7 Å². The number of alkyl halides is 3. The van der Waals surface area contributed by atoms with Crippen LogP contribution in [0.3, 0.4) is 0 Å². The number of benzene rings is 1. The summed E-state index contributed by atoms with van der Waals surface area (Å²) in [6, 6.07) is 5.33. The van der Waals surface area contributed by atoms with Crippen LogP contribution in [0, 0.1) is 5.92 Å². The summed E-state index contributed by atoms with van der Waals surface area (Å²) in [7, 11) is 0. The highest BCUT2D eigenvalue weighted by molar-refractivity contribution is 5.78. The Bertz CT molecular complexity index is 571. The number of likely N-dealkylation sites (tertiary alicyclic amines) is 1. The zero-order chi connectivity index (χ0) is 15.7. The molecule has 1 fully saturated rings. The molecule has 1 aromatic carbocycles. The van der Waals surface area contributed by atoms with Crippen LogP contribution in [0.2, 0.25) is 0 Å².